The number of aryl methyl sites for hydroxylation is 1. The van der Waals surface area contributed by atoms with Gasteiger partial charge in [-0.15, -0.1) is 0 Å². The minimum Gasteiger partial charge on any atom is -0.452 e. The standard InChI is InChI=1S/C21H18ClFN2O3/c1-13-10-19(14(2)25(13)18-8-6-16(23)7-9-18)21(27)28-12-20(26)24-17-5-3-4-15(22)11-17/h3-11H,12H2,1-2H3,(H,24,26). The van der Waals surface area contributed by atoms with Gasteiger partial charge in [-0.3, -0.25) is 4.79 Å². The van der Waals surface area contributed by atoms with Crippen LogP contribution in [0.1, 0.15) is 21.7 Å². The highest BCUT2D eigenvalue weighted by atomic mass is 35.5. The largest absolute Gasteiger partial charge is 0.452 e. The van der Waals surface area contributed by atoms with Gasteiger partial charge in [-0.2, -0.15) is 0 Å². The van der Waals surface area contributed by atoms with E-state index in [0.717, 1.165) is 11.4 Å². The fourth-order valence-corrected chi connectivity index (χ4v) is 3.12. The molecule has 1 N–H and O–H groups in total. The molecule has 1 heterocycles. The molecule has 0 spiro atoms. The maximum atomic E-state index is 13.2. The van der Waals surface area contributed by atoms with E-state index >= 15 is 0 Å². The Labute approximate surface area is 166 Å². The van der Waals surface area contributed by atoms with E-state index in [-0.39, 0.29) is 5.82 Å². The molecule has 1 aromatic heterocycles. The number of amides is 1. The van der Waals surface area contributed by atoms with E-state index in [1.807, 2.05) is 11.5 Å². The van der Waals surface area contributed by atoms with E-state index in [2.05, 4.69) is 5.32 Å². The zero-order chi connectivity index (χ0) is 20.3. The minimum absolute atomic E-state index is 0.337. The van der Waals surface area contributed by atoms with Crippen molar-refractivity contribution in [1.29, 1.82) is 0 Å². The van der Waals surface area contributed by atoms with Crippen LogP contribution in [0.3, 0.4) is 0 Å². The Morgan fingerprint density at radius 2 is 1.82 bits per heavy atom. The first kappa shape index (κ1) is 19.6. The Morgan fingerprint density at radius 1 is 1.11 bits per heavy atom. The highest BCUT2D eigenvalue weighted by molar-refractivity contribution is 6.30. The Balaban J connectivity index is 1.68. The third kappa shape index (κ3) is 4.40. The van der Waals surface area contributed by atoms with Gasteiger partial charge in [0.05, 0.1) is 5.56 Å². The molecule has 5 nitrogen and oxygen atoms in total. The molecule has 1 amide bonds. The normalized spacial score (nSPS) is 10.6. The Kier molecular flexibility index (Phi) is 5.80. The summed E-state index contributed by atoms with van der Waals surface area (Å²) in [7, 11) is 0. The molecule has 0 bridgehead atoms. The Bertz CT molecular complexity index is 1030. The first-order chi connectivity index (χ1) is 13.3. The molecule has 28 heavy (non-hydrogen) atoms. The topological polar surface area (TPSA) is 60.3 Å². The van der Waals surface area contributed by atoms with Crippen LogP contribution in [0.2, 0.25) is 5.02 Å². The van der Waals surface area contributed by atoms with Gasteiger partial charge in [0, 0.05) is 27.8 Å². The van der Waals surface area contributed by atoms with Crippen molar-refractivity contribution in [2.45, 2.75) is 13.8 Å². The van der Waals surface area contributed by atoms with Crippen molar-refractivity contribution in [2.24, 2.45) is 0 Å². The second-order valence-electron chi connectivity index (χ2n) is 6.23. The van der Waals surface area contributed by atoms with Gasteiger partial charge in [-0.25, -0.2) is 9.18 Å². The van der Waals surface area contributed by atoms with Crippen molar-refractivity contribution < 1.29 is 18.7 Å². The van der Waals surface area contributed by atoms with E-state index in [4.69, 9.17) is 16.3 Å². The maximum Gasteiger partial charge on any atom is 0.340 e. The summed E-state index contributed by atoms with van der Waals surface area (Å²) < 4.78 is 20.1. The van der Waals surface area contributed by atoms with Gasteiger partial charge >= 0.3 is 5.97 Å². The number of nitrogens with one attached hydrogen (secondary N) is 1. The predicted molar refractivity (Wildman–Crippen MR) is 106 cm³/mol. The van der Waals surface area contributed by atoms with Crippen LogP contribution in [0.15, 0.2) is 54.6 Å². The molecule has 0 unspecified atom stereocenters. The predicted octanol–water partition coefficient (Wildman–Crippen LogP) is 4.68. The smallest absolute Gasteiger partial charge is 0.340 e. The molecule has 0 atom stereocenters. The lowest BCUT2D eigenvalue weighted by Gasteiger charge is -2.10. The number of halogens is 2. The minimum atomic E-state index is -0.609. The molecule has 0 radical (unpaired) electrons. The highest BCUT2D eigenvalue weighted by Crippen LogP contribution is 2.22. The summed E-state index contributed by atoms with van der Waals surface area (Å²) in [6.45, 7) is 3.17. The van der Waals surface area contributed by atoms with Crippen molar-refractivity contribution in [3.63, 3.8) is 0 Å². The summed E-state index contributed by atoms with van der Waals surface area (Å²) in [6.07, 6.45) is 0. The summed E-state index contributed by atoms with van der Waals surface area (Å²) in [6, 6.07) is 14.3. The molecular formula is C21H18ClFN2O3. The van der Waals surface area contributed by atoms with Crippen LogP contribution in [0, 0.1) is 19.7 Å². The van der Waals surface area contributed by atoms with E-state index in [1.165, 1.54) is 12.1 Å². The summed E-state index contributed by atoms with van der Waals surface area (Å²) in [4.78, 5) is 24.4. The lowest BCUT2D eigenvalue weighted by atomic mass is 10.2. The van der Waals surface area contributed by atoms with Crippen LogP contribution in [-0.2, 0) is 9.53 Å². The second-order valence-corrected chi connectivity index (χ2v) is 6.67. The number of nitrogens with zero attached hydrogens (tertiary/aromatic N) is 1. The number of esters is 1. The number of rotatable bonds is 5. The lowest BCUT2D eigenvalue weighted by Crippen LogP contribution is -2.21. The van der Waals surface area contributed by atoms with E-state index in [9.17, 15) is 14.0 Å². The fraction of sp³-hybridized carbons (Fsp3) is 0.143. The molecule has 0 saturated carbocycles. The quantitative estimate of drug-likeness (QED) is 0.632. The number of ether oxygens (including phenoxy) is 1. The van der Waals surface area contributed by atoms with Gasteiger partial charge in [-0.05, 0) is 62.4 Å². The van der Waals surface area contributed by atoms with Crippen LogP contribution in [0.25, 0.3) is 5.69 Å². The first-order valence-corrected chi connectivity index (χ1v) is 8.90. The summed E-state index contributed by atoms with van der Waals surface area (Å²) >= 11 is 5.87. The van der Waals surface area contributed by atoms with Crippen molar-refractivity contribution in [3.8, 4) is 5.69 Å². The number of hydrogen-bond donors (Lipinski definition) is 1. The monoisotopic (exact) mass is 400 g/mol. The third-order valence-electron chi connectivity index (χ3n) is 4.18. The van der Waals surface area contributed by atoms with Crippen LogP contribution in [0.5, 0.6) is 0 Å². The van der Waals surface area contributed by atoms with Crippen molar-refractivity contribution in [3.05, 3.63) is 82.4 Å². The van der Waals surface area contributed by atoms with Gasteiger partial charge in [0.15, 0.2) is 6.61 Å². The van der Waals surface area contributed by atoms with Gasteiger partial charge in [-0.1, -0.05) is 17.7 Å². The molecule has 3 aromatic rings. The summed E-state index contributed by atoms with van der Waals surface area (Å²) in [5.41, 5.74) is 3.03. The number of carbonyl (C=O) groups excluding carboxylic acids is 2. The Morgan fingerprint density at radius 3 is 2.50 bits per heavy atom. The van der Waals surface area contributed by atoms with Gasteiger partial charge in [0.2, 0.25) is 0 Å². The number of carbonyl (C=O) groups is 2. The number of benzene rings is 2. The van der Waals surface area contributed by atoms with Gasteiger partial charge in [0.25, 0.3) is 5.91 Å². The molecule has 0 aliphatic carbocycles. The maximum absolute atomic E-state index is 13.2. The molecule has 0 aliphatic heterocycles. The van der Waals surface area contributed by atoms with E-state index < -0.39 is 18.5 Å². The summed E-state index contributed by atoms with van der Waals surface area (Å²) in [5, 5.41) is 3.10. The molecule has 144 valence electrons. The third-order valence-corrected chi connectivity index (χ3v) is 4.41. The number of hydrogen-bond acceptors (Lipinski definition) is 3. The molecule has 7 heteroatoms. The van der Waals surface area contributed by atoms with Crippen molar-refractivity contribution in [1.82, 2.24) is 4.57 Å². The van der Waals surface area contributed by atoms with Crippen molar-refractivity contribution >= 4 is 29.2 Å². The SMILES string of the molecule is Cc1cc(C(=O)OCC(=O)Nc2cccc(Cl)c2)c(C)n1-c1ccc(F)cc1. The molecule has 3 rings (SSSR count). The number of anilines is 1. The molecule has 2 aromatic carbocycles. The van der Waals surface area contributed by atoms with E-state index in [0.29, 0.717) is 22.0 Å². The average Bonchev–Trinajstić information content (AvgIpc) is 2.95. The van der Waals surface area contributed by atoms with Crippen molar-refractivity contribution in [2.75, 3.05) is 11.9 Å². The molecular weight excluding hydrogens is 383 g/mol. The Hall–Kier alpha value is -3.12. The van der Waals surface area contributed by atoms with Crippen LogP contribution in [0.4, 0.5) is 10.1 Å². The first-order valence-electron chi connectivity index (χ1n) is 8.52. The highest BCUT2D eigenvalue weighted by Gasteiger charge is 2.19. The fourth-order valence-electron chi connectivity index (χ4n) is 2.93. The lowest BCUT2D eigenvalue weighted by molar-refractivity contribution is -0.119. The zero-order valence-corrected chi connectivity index (χ0v) is 16.1. The second kappa shape index (κ2) is 8.27. The van der Waals surface area contributed by atoms with E-state index in [1.54, 1.807) is 49.4 Å². The molecule has 0 fully saturated rings. The van der Waals surface area contributed by atoms with Crippen LogP contribution in [-0.4, -0.2) is 23.1 Å². The van der Waals surface area contributed by atoms with Gasteiger partial charge < -0.3 is 14.6 Å². The molecule has 0 aliphatic rings. The van der Waals surface area contributed by atoms with Crippen LogP contribution < -0.4 is 5.32 Å². The van der Waals surface area contributed by atoms with Gasteiger partial charge in [0.1, 0.15) is 5.82 Å². The zero-order valence-electron chi connectivity index (χ0n) is 15.3. The summed E-state index contributed by atoms with van der Waals surface area (Å²) in [5.74, 6) is -1.41. The molecule has 0 saturated heterocycles. The van der Waals surface area contributed by atoms with Crippen LogP contribution >= 0.6 is 11.6 Å². The average molecular weight is 401 g/mol. The number of aromatic nitrogens is 1.